The largest absolute Gasteiger partial charge is 0.484 e. The fourth-order valence-corrected chi connectivity index (χ4v) is 2.68. The predicted molar refractivity (Wildman–Crippen MR) is 96.9 cm³/mol. The molecule has 3 rings (SSSR count). The molecule has 0 aliphatic rings. The number of fused-ring (bicyclic) bond motifs is 1. The third-order valence-electron chi connectivity index (χ3n) is 3.42. The number of nitrogens with one attached hydrogen (secondary N) is 1. The van der Waals surface area contributed by atoms with Crippen LogP contribution in [0.2, 0.25) is 0 Å². The highest BCUT2D eigenvalue weighted by Crippen LogP contribution is 2.24. The lowest BCUT2D eigenvalue weighted by atomic mass is 10.1. The molecule has 3 aromatic carbocycles. The Hall–Kier alpha value is -2.84. The molecule has 0 atom stereocenters. The number of anilines is 1. The van der Waals surface area contributed by atoms with E-state index in [0.29, 0.717) is 17.0 Å². The van der Waals surface area contributed by atoms with E-state index in [1.54, 1.807) is 24.3 Å². The number of rotatable bonds is 4. The lowest BCUT2D eigenvalue weighted by Gasteiger charge is -2.09. The number of nitrogens with zero attached hydrogens (tertiary/aromatic N) is 1. The van der Waals surface area contributed by atoms with Gasteiger partial charge in [-0.05, 0) is 53.2 Å². The van der Waals surface area contributed by atoms with Gasteiger partial charge in [-0.3, -0.25) is 4.79 Å². The van der Waals surface area contributed by atoms with Gasteiger partial charge in [0.2, 0.25) is 0 Å². The second-order valence-electron chi connectivity index (χ2n) is 5.18. The standard InChI is InChI=1S/C19H13BrN2O2/c20-16-6-4-15-10-18(7-5-14(15)9-16)24-12-19(23)22-17-3-1-2-13(8-17)11-21/h1-10H,12H2,(H,22,23). The van der Waals surface area contributed by atoms with Crippen molar-refractivity contribution in [3.8, 4) is 11.8 Å². The highest BCUT2D eigenvalue weighted by atomic mass is 79.9. The number of amides is 1. The lowest BCUT2D eigenvalue weighted by molar-refractivity contribution is -0.118. The van der Waals surface area contributed by atoms with Crippen LogP contribution in [0.4, 0.5) is 5.69 Å². The highest BCUT2D eigenvalue weighted by molar-refractivity contribution is 9.10. The van der Waals surface area contributed by atoms with E-state index in [0.717, 1.165) is 15.2 Å². The van der Waals surface area contributed by atoms with Crippen molar-refractivity contribution in [3.05, 3.63) is 70.7 Å². The molecule has 0 fully saturated rings. The van der Waals surface area contributed by atoms with Crippen LogP contribution in [0.25, 0.3) is 10.8 Å². The Morgan fingerprint density at radius 2 is 1.88 bits per heavy atom. The number of ether oxygens (including phenoxy) is 1. The van der Waals surface area contributed by atoms with Crippen LogP contribution in [0, 0.1) is 11.3 Å². The summed E-state index contributed by atoms with van der Waals surface area (Å²) >= 11 is 3.44. The Bertz CT molecular complexity index is 947. The molecule has 3 aromatic rings. The fraction of sp³-hybridized carbons (Fsp3) is 0.0526. The number of hydrogen-bond donors (Lipinski definition) is 1. The number of carbonyl (C=O) groups is 1. The second kappa shape index (κ2) is 7.16. The van der Waals surface area contributed by atoms with Gasteiger partial charge in [0.25, 0.3) is 5.91 Å². The summed E-state index contributed by atoms with van der Waals surface area (Å²) in [6, 6.07) is 20.4. The first kappa shape index (κ1) is 16.0. The molecule has 1 amide bonds. The van der Waals surface area contributed by atoms with E-state index in [1.807, 2.05) is 42.5 Å². The van der Waals surface area contributed by atoms with E-state index >= 15 is 0 Å². The Kier molecular flexibility index (Phi) is 4.78. The van der Waals surface area contributed by atoms with Crippen molar-refractivity contribution in [2.45, 2.75) is 0 Å². The third-order valence-corrected chi connectivity index (χ3v) is 3.91. The maximum atomic E-state index is 12.0. The summed E-state index contributed by atoms with van der Waals surface area (Å²) in [5, 5.41) is 13.7. The topological polar surface area (TPSA) is 62.1 Å². The molecule has 1 N–H and O–H groups in total. The first-order valence-electron chi connectivity index (χ1n) is 7.26. The summed E-state index contributed by atoms with van der Waals surface area (Å²) in [5.41, 5.74) is 1.07. The lowest BCUT2D eigenvalue weighted by Crippen LogP contribution is -2.20. The van der Waals surface area contributed by atoms with Crippen LogP contribution >= 0.6 is 15.9 Å². The molecular formula is C19H13BrN2O2. The van der Waals surface area contributed by atoms with Crippen molar-refractivity contribution in [1.82, 2.24) is 0 Å². The molecule has 0 spiro atoms. The molecule has 0 bridgehead atoms. The summed E-state index contributed by atoms with van der Waals surface area (Å²) in [6.07, 6.45) is 0. The van der Waals surface area contributed by atoms with Crippen molar-refractivity contribution < 1.29 is 9.53 Å². The maximum absolute atomic E-state index is 12.0. The first-order valence-corrected chi connectivity index (χ1v) is 8.05. The Labute approximate surface area is 147 Å². The monoisotopic (exact) mass is 380 g/mol. The number of benzene rings is 3. The van der Waals surface area contributed by atoms with Crippen LogP contribution in [0.15, 0.2) is 65.1 Å². The Balaban J connectivity index is 1.63. The van der Waals surface area contributed by atoms with Gasteiger partial charge in [-0.2, -0.15) is 5.26 Å². The van der Waals surface area contributed by atoms with Crippen LogP contribution in [-0.4, -0.2) is 12.5 Å². The summed E-state index contributed by atoms with van der Waals surface area (Å²) < 4.78 is 6.56. The Morgan fingerprint density at radius 1 is 1.08 bits per heavy atom. The minimum Gasteiger partial charge on any atom is -0.484 e. The van der Waals surface area contributed by atoms with Gasteiger partial charge >= 0.3 is 0 Å². The molecule has 24 heavy (non-hydrogen) atoms. The average Bonchev–Trinajstić information content (AvgIpc) is 2.60. The van der Waals surface area contributed by atoms with E-state index in [-0.39, 0.29) is 12.5 Å². The molecule has 0 saturated heterocycles. The predicted octanol–water partition coefficient (Wildman–Crippen LogP) is 4.49. The van der Waals surface area contributed by atoms with Crippen molar-refractivity contribution in [2.24, 2.45) is 0 Å². The van der Waals surface area contributed by atoms with Crippen LogP contribution in [0.1, 0.15) is 5.56 Å². The van der Waals surface area contributed by atoms with E-state index in [9.17, 15) is 4.79 Å². The molecular weight excluding hydrogens is 368 g/mol. The van der Waals surface area contributed by atoms with Crippen LogP contribution < -0.4 is 10.1 Å². The normalized spacial score (nSPS) is 10.2. The molecule has 0 radical (unpaired) electrons. The Morgan fingerprint density at radius 3 is 2.71 bits per heavy atom. The zero-order chi connectivity index (χ0) is 16.9. The van der Waals surface area contributed by atoms with Gasteiger partial charge in [-0.15, -0.1) is 0 Å². The molecule has 0 aromatic heterocycles. The van der Waals surface area contributed by atoms with Gasteiger partial charge in [0.15, 0.2) is 6.61 Å². The van der Waals surface area contributed by atoms with Gasteiger partial charge in [-0.25, -0.2) is 0 Å². The molecule has 0 saturated carbocycles. The van der Waals surface area contributed by atoms with Crippen molar-refractivity contribution in [2.75, 3.05) is 11.9 Å². The smallest absolute Gasteiger partial charge is 0.262 e. The summed E-state index contributed by atoms with van der Waals surface area (Å²) in [6.45, 7) is -0.0984. The molecule has 0 heterocycles. The van der Waals surface area contributed by atoms with Gasteiger partial charge in [0.05, 0.1) is 11.6 Å². The number of hydrogen-bond acceptors (Lipinski definition) is 3. The summed E-state index contributed by atoms with van der Waals surface area (Å²) in [4.78, 5) is 12.0. The van der Waals surface area contributed by atoms with Crippen LogP contribution in [0.5, 0.6) is 5.75 Å². The van der Waals surface area contributed by atoms with Gasteiger partial charge in [0.1, 0.15) is 5.75 Å². The zero-order valence-electron chi connectivity index (χ0n) is 12.6. The zero-order valence-corrected chi connectivity index (χ0v) is 14.2. The summed E-state index contributed by atoms with van der Waals surface area (Å²) in [7, 11) is 0. The molecule has 0 aliphatic heterocycles. The van der Waals surface area contributed by atoms with Gasteiger partial charge in [-0.1, -0.05) is 34.1 Å². The van der Waals surface area contributed by atoms with E-state index in [2.05, 4.69) is 21.2 Å². The maximum Gasteiger partial charge on any atom is 0.262 e. The number of nitriles is 1. The van der Waals surface area contributed by atoms with Crippen molar-refractivity contribution >= 4 is 38.3 Å². The SMILES string of the molecule is N#Cc1cccc(NC(=O)COc2ccc3cc(Br)ccc3c2)c1. The molecule has 4 nitrogen and oxygen atoms in total. The van der Waals surface area contributed by atoms with Crippen LogP contribution in [-0.2, 0) is 4.79 Å². The van der Waals surface area contributed by atoms with Crippen molar-refractivity contribution in [1.29, 1.82) is 5.26 Å². The van der Waals surface area contributed by atoms with Crippen LogP contribution in [0.3, 0.4) is 0 Å². The molecule has 118 valence electrons. The van der Waals surface area contributed by atoms with Gasteiger partial charge < -0.3 is 10.1 Å². The highest BCUT2D eigenvalue weighted by Gasteiger charge is 2.05. The minimum absolute atomic E-state index is 0.0984. The average molecular weight is 381 g/mol. The van der Waals surface area contributed by atoms with Crippen molar-refractivity contribution in [3.63, 3.8) is 0 Å². The number of carbonyl (C=O) groups excluding carboxylic acids is 1. The fourth-order valence-electron chi connectivity index (χ4n) is 2.30. The van der Waals surface area contributed by atoms with E-state index < -0.39 is 0 Å². The molecule has 0 aliphatic carbocycles. The number of halogens is 1. The first-order chi connectivity index (χ1) is 11.6. The van der Waals surface area contributed by atoms with E-state index in [4.69, 9.17) is 10.00 Å². The molecule has 0 unspecified atom stereocenters. The van der Waals surface area contributed by atoms with E-state index in [1.165, 1.54) is 0 Å². The minimum atomic E-state index is -0.277. The second-order valence-corrected chi connectivity index (χ2v) is 6.10. The summed E-state index contributed by atoms with van der Waals surface area (Å²) in [5.74, 6) is 0.353. The third kappa shape index (κ3) is 3.92. The van der Waals surface area contributed by atoms with Gasteiger partial charge in [0, 0.05) is 10.2 Å². The quantitative estimate of drug-likeness (QED) is 0.724. The molecule has 5 heteroatoms.